The molecule has 0 saturated heterocycles. The number of ether oxygens (including phenoxy) is 3. The summed E-state index contributed by atoms with van der Waals surface area (Å²) >= 11 is 0. The van der Waals surface area contributed by atoms with E-state index in [1.54, 1.807) is 14.2 Å². The molecule has 2 aromatic rings. The van der Waals surface area contributed by atoms with Crippen LogP contribution >= 0.6 is 0 Å². The molecule has 0 aliphatic carbocycles. The van der Waals surface area contributed by atoms with E-state index in [0.29, 0.717) is 26.3 Å². The van der Waals surface area contributed by atoms with Crippen LogP contribution in [-0.4, -0.2) is 50.5 Å². The van der Waals surface area contributed by atoms with E-state index in [1.165, 1.54) is 6.33 Å². The highest BCUT2D eigenvalue weighted by Gasteiger charge is 1.99. The van der Waals surface area contributed by atoms with Gasteiger partial charge in [-0.1, -0.05) is 0 Å². The molecule has 124 valence electrons. The zero-order valence-electron chi connectivity index (χ0n) is 13.4. The second kappa shape index (κ2) is 9.47. The summed E-state index contributed by atoms with van der Waals surface area (Å²) in [7, 11) is 3.30. The number of methoxy groups -OCH3 is 2. The third-order valence-electron chi connectivity index (χ3n) is 3.02. The zero-order valence-corrected chi connectivity index (χ0v) is 13.4. The van der Waals surface area contributed by atoms with Crippen molar-refractivity contribution in [2.45, 2.75) is 0 Å². The van der Waals surface area contributed by atoms with Crippen LogP contribution in [0.15, 0.2) is 36.7 Å². The molecule has 23 heavy (non-hydrogen) atoms. The molecular formula is C16H22N4O3. The molecule has 0 radical (unpaired) electrons. The van der Waals surface area contributed by atoms with Crippen LogP contribution in [0, 0.1) is 0 Å². The smallest absolute Gasteiger partial charge is 0.131 e. The van der Waals surface area contributed by atoms with Gasteiger partial charge in [0.25, 0.3) is 0 Å². The first-order valence-electron chi connectivity index (χ1n) is 7.37. The molecule has 0 fully saturated rings. The lowest BCUT2D eigenvalue weighted by atomic mass is 10.3. The van der Waals surface area contributed by atoms with Gasteiger partial charge >= 0.3 is 0 Å². The first-order chi connectivity index (χ1) is 11.3. The molecular weight excluding hydrogens is 296 g/mol. The van der Waals surface area contributed by atoms with Crippen LogP contribution in [0.4, 0.5) is 11.6 Å². The fourth-order valence-corrected chi connectivity index (χ4v) is 1.85. The van der Waals surface area contributed by atoms with Crippen LogP contribution in [0.3, 0.4) is 0 Å². The molecule has 0 aliphatic rings. The van der Waals surface area contributed by atoms with Crippen molar-refractivity contribution in [3.8, 4) is 11.5 Å². The maximum Gasteiger partial charge on any atom is 0.131 e. The van der Waals surface area contributed by atoms with Gasteiger partial charge in [-0.05, 0) is 24.3 Å². The first kappa shape index (κ1) is 16.8. The molecule has 1 heterocycles. The fourth-order valence-electron chi connectivity index (χ4n) is 1.85. The van der Waals surface area contributed by atoms with E-state index in [0.717, 1.165) is 23.1 Å². The number of hydrogen-bond acceptors (Lipinski definition) is 7. The standard InChI is InChI=1S/C16H22N4O3/c1-21-9-7-17-15-11-16(20-12-19-15)18-8-10-23-14-5-3-13(22-2)4-6-14/h3-6,11-12H,7-10H2,1-2H3,(H2,17,18,19,20). The molecule has 1 aromatic carbocycles. The van der Waals surface area contributed by atoms with Crippen LogP contribution in [0.2, 0.25) is 0 Å². The minimum Gasteiger partial charge on any atom is -0.497 e. The molecule has 0 atom stereocenters. The van der Waals surface area contributed by atoms with Gasteiger partial charge in [-0.25, -0.2) is 9.97 Å². The van der Waals surface area contributed by atoms with Gasteiger partial charge in [0, 0.05) is 19.7 Å². The molecule has 0 aliphatic heterocycles. The van der Waals surface area contributed by atoms with Crippen LogP contribution in [0.1, 0.15) is 0 Å². The molecule has 7 nitrogen and oxygen atoms in total. The lowest BCUT2D eigenvalue weighted by Crippen LogP contribution is -2.13. The Hall–Kier alpha value is -2.54. The van der Waals surface area contributed by atoms with Gasteiger partial charge in [0.2, 0.25) is 0 Å². The van der Waals surface area contributed by atoms with Crippen molar-refractivity contribution < 1.29 is 14.2 Å². The maximum atomic E-state index is 5.64. The fraction of sp³-hybridized carbons (Fsp3) is 0.375. The Kier molecular flexibility index (Phi) is 6.93. The third-order valence-corrected chi connectivity index (χ3v) is 3.02. The highest BCUT2D eigenvalue weighted by molar-refractivity contribution is 5.46. The van der Waals surface area contributed by atoms with Gasteiger partial charge in [-0.3, -0.25) is 0 Å². The first-order valence-corrected chi connectivity index (χ1v) is 7.37. The van der Waals surface area contributed by atoms with Crippen molar-refractivity contribution >= 4 is 11.6 Å². The van der Waals surface area contributed by atoms with Crippen LogP contribution in [0.25, 0.3) is 0 Å². The van der Waals surface area contributed by atoms with Crippen molar-refractivity contribution in [1.82, 2.24) is 9.97 Å². The highest BCUT2D eigenvalue weighted by atomic mass is 16.5. The molecule has 2 N–H and O–H groups in total. The molecule has 0 unspecified atom stereocenters. The highest BCUT2D eigenvalue weighted by Crippen LogP contribution is 2.16. The largest absolute Gasteiger partial charge is 0.497 e. The summed E-state index contributed by atoms with van der Waals surface area (Å²) in [5.74, 6) is 3.12. The third kappa shape index (κ3) is 5.99. The minimum atomic E-state index is 0.531. The Balaban J connectivity index is 1.71. The predicted molar refractivity (Wildman–Crippen MR) is 89.4 cm³/mol. The Bertz CT molecular complexity index is 578. The molecule has 1 aromatic heterocycles. The number of aromatic nitrogens is 2. The van der Waals surface area contributed by atoms with Crippen LogP contribution < -0.4 is 20.1 Å². The SMILES string of the molecule is COCCNc1cc(NCCOc2ccc(OC)cc2)ncn1. The summed E-state index contributed by atoms with van der Waals surface area (Å²) in [5.41, 5.74) is 0. The molecule has 0 spiro atoms. The maximum absolute atomic E-state index is 5.64. The molecule has 0 amide bonds. The average Bonchev–Trinajstić information content (AvgIpc) is 2.60. The Morgan fingerprint density at radius 1 is 0.870 bits per heavy atom. The number of rotatable bonds is 10. The number of hydrogen-bond donors (Lipinski definition) is 2. The lowest BCUT2D eigenvalue weighted by molar-refractivity contribution is 0.210. The number of nitrogens with one attached hydrogen (secondary N) is 2. The quantitative estimate of drug-likeness (QED) is 0.649. The van der Waals surface area contributed by atoms with E-state index in [-0.39, 0.29) is 0 Å². The zero-order chi connectivity index (χ0) is 16.3. The van der Waals surface area contributed by atoms with Crippen molar-refractivity contribution in [2.24, 2.45) is 0 Å². The molecule has 0 saturated carbocycles. The Labute approximate surface area is 136 Å². The predicted octanol–water partition coefficient (Wildman–Crippen LogP) is 2.03. The number of nitrogens with zero attached hydrogens (tertiary/aromatic N) is 2. The average molecular weight is 318 g/mol. The van der Waals surface area contributed by atoms with E-state index in [9.17, 15) is 0 Å². The Morgan fingerprint density at radius 2 is 1.48 bits per heavy atom. The molecule has 0 bridgehead atoms. The second-order valence-electron chi connectivity index (χ2n) is 4.66. The summed E-state index contributed by atoms with van der Waals surface area (Å²) in [6.45, 7) is 2.50. The van der Waals surface area contributed by atoms with Crippen LogP contribution in [0.5, 0.6) is 11.5 Å². The lowest BCUT2D eigenvalue weighted by Gasteiger charge is -2.10. The van der Waals surface area contributed by atoms with E-state index in [4.69, 9.17) is 14.2 Å². The van der Waals surface area contributed by atoms with Gasteiger partial charge in [-0.15, -0.1) is 0 Å². The monoisotopic (exact) mass is 318 g/mol. The van der Waals surface area contributed by atoms with E-state index < -0.39 is 0 Å². The van der Waals surface area contributed by atoms with Crippen molar-refractivity contribution in [3.63, 3.8) is 0 Å². The van der Waals surface area contributed by atoms with E-state index >= 15 is 0 Å². The van der Waals surface area contributed by atoms with E-state index in [1.807, 2.05) is 30.3 Å². The summed E-state index contributed by atoms with van der Waals surface area (Å²) in [4.78, 5) is 8.31. The van der Waals surface area contributed by atoms with Gasteiger partial charge < -0.3 is 24.8 Å². The number of benzene rings is 1. The van der Waals surface area contributed by atoms with Gasteiger partial charge in [0.05, 0.1) is 20.3 Å². The Morgan fingerprint density at radius 3 is 2.09 bits per heavy atom. The summed E-state index contributed by atoms with van der Waals surface area (Å²) in [6, 6.07) is 9.34. The molecule has 7 heteroatoms. The summed E-state index contributed by atoms with van der Waals surface area (Å²) in [6.07, 6.45) is 1.52. The van der Waals surface area contributed by atoms with E-state index in [2.05, 4.69) is 20.6 Å². The number of anilines is 2. The van der Waals surface area contributed by atoms with Gasteiger partial charge in [-0.2, -0.15) is 0 Å². The molecule has 2 rings (SSSR count). The van der Waals surface area contributed by atoms with Crippen molar-refractivity contribution in [1.29, 1.82) is 0 Å². The summed E-state index contributed by atoms with van der Waals surface area (Å²) in [5, 5.41) is 6.35. The second-order valence-corrected chi connectivity index (χ2v) is 4.66. The van der Waals surface area contributed by atoms with Gasteiger partial charge in [0.1, 0.15) is 36.1 Å². The topological polar surface area (TPSA) is 77.5 Å². The van der Waals surface area contributed by atoms with Crippen molar-refractivity contribution in [3.05, 3.63) is 36.7 Å². The van der Waals surface area contributed by atoms with Crippen LogP contribution in [-0.2, 0) is 4.74 Å². The minimum absolute atomic E-state index is 0.531. The van der Waals surface area contributed by atoms with Crippen molar-refractivity contribution in [2.75, 3.05) is 51.2 Å². The summed E-state index contributed by atoms with van der Waals surface area (Å²) < 4.78 is 15.7. The normalized spacial score (nSPS) is 10.2. The van der Waals surface area contributed by atoms with Gasteiger partial charge in [0.15, 0.2) is 0 Å².